The molecule has 6 heteroatoms. The highest BCUT2D eigenvalue weighted by Crippen LogP contribution is 2.20. The number of nitrogens with one attached hydrogen (secondary N) is 2. The highest BCUT2D eigenvalue weighted by molar-refractivity contribution is 6.04. The normalized spacial score (nSPS) is 11.5. The maximum absolute atomic E-state index is 12.9. The van der Waals surface area contributed by atoms with Gasteiger partial charge in [-0.25, -0.2) is 0 Å². The monoisotopic (exact) mass is 466 g/mol. The fourth-order valence-electron chi connectivity index (χ4n) is 3.88. The van der Waals surface area contributed by atoms with E-state index in [0.717, 1.165) is 21.9 Å². The van der Waals surface area contributed by atoms with Crippen LogP contribution < -0.4 is 10.6 Å². The van der Waals surface area contributed by atoms with Crippen molar-refractivity contribution in [1.29, 1.82) is 0 Å². The van der Waals surface area contributed by atoms with Crippen LogP contribution >= 0.6 is 0 Å². The van der Waals surface area contributed by atoms with Crippen molar-refractivity contribution in [1.82, 2.24) is 5.32 Å². The predicted molar refractivity (Wildman–Crippen MR) is 136 cm³/mol. The summed E-state index contributed by atoms with van der Waals surface area (Å²) >= 11 is 0. The molecular formula is C29H26N2O4. The average molecular weight is 467 g/mol. The lowest BCUT2D eigenvalue weighted by molar-refractivity contribution is -0.146. The van der Waals surface area contributed by atoms with Crippen LogP contribution in [0.1, 0.15) is 34.5 Å². The van der Waals surface area contributed by atoms with Gasteiger partial charge in [0.05, 0.1) is 23.7 Å². The number of hydrogen-bond donors (Lipinski definition) is 2. The van der Waals surface area contributed by atoms with E-state index in [1.54, 1.807) is 24.3 Å². The minimum Gasteiger partial charge on any atom is -0.455 e. The van der Waals surface area contributed by atoms with Gasteiger partial charge in [-0.2, -0.15) is 0 Å². The number of carbonyl (C=O) groups is 3. The number of fused-ring (bicyclic) bond motifs is 1. The van der Waals surface area contributed by atoms with E-state index in [1.807, 2.05) is 79.7 Å². The van der Waals surface area contributed by atoms with E-state index in [4.69, 9.17) is 4.74 Å². The number of rotatable bonds is 8. The summed E-state index contributed by atoms with van der Waals surface area (Å²) in [5.74, 6) is -1.34. The zero-order valence-electron chi connectivity index (χ0n) is 19.4. The number of para-hydroxylation sites is 1. The molecule has 1 atom stereocenters. The Bertz CT molecular complexity index is 1350. The van der Waals surface area contributed by atoms with Crippen LogP contribution in [0, 0.1) is 0 Å². The third kappa shape index (κ3) is 6.12. The summed E-state index contributed by atoms with van der Waals surface area (Å²) in [5.41, 5.74) is 2.48. The molecule has 0 aromatic heterocycles. The van der Waals surface area contributed by atoms with Crippen LogP contribution in [-0.4, -0.2) is 24.4 Å². The molecule has 2 N–H and O–H groups in total. The highest BCUT2D eigenvalue weighted by Gasteiger charge is 2.17. The molecule has 0 aliphatic rings. The lowest BCUT2D eigenvalue weighted by Gasteiger charge is -2.16. The molecule has 176 valence electrons. The topological polar surface area (TPSA) is 84.5 Å². The van der Waals surface area contributed by atoms with Crippen molar-refractivity contribution in [3.8, 4) is 0 Å². The fraction of sp³-hybridized carbons (Fsp3) is 0.138. The molecule has 0 aliphatic carbocycles. The summed E-state index contributed by atoms with van der Waals surface area (Å²) in [6.07, 6.45) is 0.0605. The summed E-state index contributed by atoms with van der Waals surface area (Å²) in [6.45, 7) is 1.45. The van der Waals surface area contributed by atoms with Crippen molar-refractivity contribution in [2.75, 3.05) is 11.9 Å². The zero-order chi connectivity index (χ0) is 24.6. The second kappa shape index (κ2) is 11.1. The molecule has 0 bridgehead atoms. The Morgan fingerprint density at radius 2 is 1.49 bits per heavy atom. The quantitative estimate of drug-likeness (QED) is 0.356. The van der Waals surface area contributed by atoms with Crippen LogP contribution in [0.2, 0.25) is 0 Å². The van der Waals surface area contributed by atoms with E-state index >= 15 is 0 Å². The van der Waals surface area contributed by atoms with Gasteiger partial charge in [-0.05, 0) is 41.0 Å². The standard InChI is InChI=1S/C29H26N2O4/c1-20(21-10-3-2-4-11-21)30-29(34)25-16-7-8-17-26(25)31-27(32)19-35-28(33)18-23-14-9-13-22-12-5-6-15-24(22)23/h2-17,20H,18-19H2,1H3,(H,30,34)(H,31,32)/t20-/m1/s1. The first-order chi connectivity index (χ1) is 17.0. The van der Waals surface area contributed by atoms with Crippen molar-refractivity contribution in [2.45, 2.75) is 19.4 Å². The van der Waals surface area contributed by atoms with Gasteiger partial charge in [0.1, 0.15) is 0 Å². The molecule has 0 unspecified atom stereocenters. The van der Waals surface area contributed by atoms with Crippen LogP contribution in [-0.2, 0) is 20.7 Å². The molecule has 0 saturated carbocycles. The number of hydrogen-bond acceptors (Lipinski definition) is 4. The van der Waals surface area contributed by atoms with Crippen LogP contribution in [0.4, 0.5) is 5.69 Å². The first-order valence-corrected chi connectivity index (χ1v) is 11.4. The molecule has 0 radical (unpaired) electrons. The van der Waals surface area contributed by atoms with Crippen LogP contribution in [0.15, 0.2) is 97.1 Å². The van der Waals surface area contributed by atoms with Crippen molar-refractivity contribution in [3.05, 3.63) is 114 Å². The molecule has 2 amide bonds. The molecule has 4 aromatic rings. The van der Waals surface area contributed by atoms with Gasteiger partial charge in [0.2, 0.25) is 0 Å². The molecule has 0 heterocycles. The first-order valence-electron chi connectivity index (χ1n) is 11.4. The Kier molecular flexibility index (Phi) is 7.53. The Labute approximate surface area is 203 Å². The Morgan fingerprint density at radius 3 is 2.31 bits per heavy atom. The third-order valence-corrected chi connectivity index (χ3v) is 5.67. The van der Waals surface area contributed by atoms with E-state index in [2.05, 4.69) is 10.6 Å². The zero-order valence-corrected chi connectivity index (χ0v) is 19.4. The van der Waals surface area contributed by atoms with Crippen LogP contribution in [0.5, 0.6) is 0 Å². The number of anilines is 1. The molecule has 0 saturated heterocycles. The Hall–Kier alpha value is -4.45. The van der Waals surface area contributed by atoms with Crippen molar-refractivity contribution in [2.24, 2.45) is 0 Å². The summed E-state index contributed by atoms with van der Waals surface area (Å²) in [7, 11) is 0. The van der Waals surface area contributed by atoms with E-state index < -0.39 is 18.5 Å². The lowest BCUT2D eigenvalue weighted by atomic mass is 10.0. The number of ether oxygens (including phenoxy) is 1. The molecular weight excluding hydrogens is 440 g/mol. The maximum Gasteiger partial charge on any atom is 0.310 e. The molecule has 6 nitrogen and oxygen atoms in total. The molecule has 4 rings (SSSR count). The summed E-state index contributed by atoms with van der Waals surface area (Å²) < 4.78 is 5.20. The van der Waals surface area contributed by atoms with E-state index in [0.29, 0.717) is 11.3 Å². The Balaban J connectivity index is 1.34. The predicted octanol–water partition coefficient (Wildman–Crippen LogP) is 5.06. The van der Waals surface area contributed by atoms with Gasteiger partial charge in [0.15, 0.2) is 6.61 Å². The number of amides is 2. The molecule has 35 heavy (non-hydrogen) atoms. The van der Waals surface area contributed by atoms with Gasteiger partial charge in [0.25, 0.3) is 11.8 Å². The van der Waals surface area contributed by atoms with E-state index in [1.165, 1.54) is 0 Å². The fourth-order valence-corrected chi connectivity index (χ4v) is 3.88. The van der Waals surface area contributed by atoms with E-state index in [9.17, 15) is 14.4 Å². The second-order valence-electron chi connectivity index (χ2n) is 8.18. The molecule has 0 fully saturated rings. The second-order valence-corrected chi connectivity index (χ2v) is 8.18. The maximum atomic E-state index is 12.9. The number of carbonyl (C=O) groups excluding carboxylic acids is 3. The van der Waals surface area contributed by atoms with Gasteiger partial charge < -0.3 is 15.4 Å². The van der Waals surface area contributed by atoms with Gasteiger partial charge in [0, 0.05) is 0 Å². The average Bonchev–Trinajstić information content (AvgIpc) is 2.88. The largest absolute Gasteiger partial charge is 0.455 e. The Morgan fingerprint density at radius 1 is 0.800 bits per heavy atom. The molecule has 4 aromatic carbocycles. The smallest absolute Gasteiger partial charge is 0.310 e. The van der Waals surface area contributed by atoms with Crippen LogP contribution in [0.25, 0.3) is 10.8 Å². The van der Waals surface area contributed by atoms with Gasteiger partial charge in [-0.3, -0.25) is 14.4 Å². The lowest BCUT2D eigenvalue weighted by Crippen LogP contribution is -2.28. The number of esters is 1. The third-order valence-electron chi connectivity index (χ3n) is 5.67. The number of benzene rings is 4. The molecule has 0 spiro atoms. The summed E-state index contributed by atoms with van der Waals surface area (Å²) in [4.78, 5) is 37.7. The van der Waals surface area contributed by atoms with Crippen molar-refractivity contribution < 1.29 is 19.1 Å². The van der Waals surface area contributed by atoms with E-state index in [-0.39, 0.29) is 18.4 Å². The van der Waals surface area contributed by atoms with Crippen molar-refractivity contribution >= 4 is 34.2 Å². The van der Waals surface area contributed by atoms with Crippen LogP contribution in [0.3, 0.4) is 0 Å². The van der Waals surface area contributed by atoms with Gasteiger partial charge in [-0.1, -0.05) is 84.9 Å². The summed E-state index contributed by atoms with van der Waals surface area (Å²) in [5, 5.41) is 7.63. The van der Waals surface area contributed by atoms with Gasteiger partial charge in [-0.15, -0.1) is 0 Å². The SMILES string of the molecule is C[C@@H](NC(=O)c1ccccc1NC(=O)COC(=O)Cc1cccc2ccccc12)c1ccccc1. The molecule has 0 aliphatic heterocycles. The minimum atomic E-state index is -0.521. The van der Waals surface area contributed by atoms with Crippen molar-refractivity contribution in [3.63, 3.8) is 0 Å². The minimum absolute atomic E-state index is 0.0605. The van der Waals surface area contributed by atoms with Gasteiger partial charge >= 0.3 is 5.97 Å². The summed E-state index contributed by atoms with van der Waals surface area (Å²) in [6, 6.07) is 29.6. The highest BCUT2D eigenvalue weighted by atomic mass is 16.5. The first kappa shape index (κ1) is 23.7.